The monoisotopic (exact) mass is 154 g/mol. The molecular weight excluding hydrogens is 145 g/mol. The Morgan fingerprint density at radius 1 is 1.67 bits per heavy atom. The number of hydrogen-bond donors (Lipinski definition) is 1. The van der Waals surface area contributed by atoms with Gasteiger partial charge in [-0.3, -0.25) is 4.79 Å². The summed E-state index contributed by atoms with van der Waals surface area (Å²) in [5.74, 6) is 0.00463. The zero-order valence-electron chi connectivity index (χ0n) is 3.86. The Bertz CT molecular complexity index is 46.1. The molecule has 0 atom stereocenters. The molecule has 0 bridgehead atoms. The van der Waals surface area contributed by atoms with E-state index in [0.29, 0.717) is 0 Å². The first-order chi connectivity index (χ1) is 2.27. The minimum atomic E-state index is 0. The second kappa shape index (κ2) is 4.99. The minimum absolute atomic E-state index is 0. The average molecular weight is 153 g/mol. The van der Waals surface area contributed by atoms with E-state index in [1.54, 1.807) is 7.05 Å². The van der Waals surface area contributed by atoms with Crippen LogP contribution >= 0.6 is 0 Å². The molecule has 0 aromatic heterocycles. The fourth-order valence-electron chi connectivity index (χ4n) is 0. The molecule has 0 unspecified atom stereocenters. The Hall–Kier alpha value is -0.0105. The summed E-state index contributed by atoms with van der Waals surface area (Å²) in [7, 11) is 1.60. The van der Waals surface area contributed by atoms with Gasteiger partial charge in [0.2, 0.25) is 5.91 Å². The van der Waals surface area contributed by atoms with E-state index in [2.05, 4.69) is 5.32 Å². The third kappa shape index (κ3) is 9.01. The van der Waals surface area contributed by atoms with E-state index < -0.39 is 0 Å². The molecule has 2 nitrogen and oxygen atoms in total. The first kappa shape index (κ1) is 9.37. The molecule has 1 amide bonds. The van der Waals surface area contributed by atoms with Crippen molar-refractivity contribution in [1.82, 2.24) is 5.32 Å². The van der Waals surface area contributed by atoms with Crippen molar-refractivity contribution in [3.05, 3.63) is 0 Å². The average Bonchev–Trinajstić information content (AvgIpc) is 1.38. The van der Waals surface area contributed by atoms with Crippen LogP contribution in [0.4, 0.5) is 0 Å². The molecule has 0 aliphatic rings. The summed E-state index contributed by atoms with van der Waals surface area (Å²) < 4.78 is 0. The van der Waals surface area contributed by atoms with Crippen LogP contribution < -0.4 is 5.32 Å². The van der Waals surface area contributed by atoms with Crippen LogP contribution in [0, 0.1) is 0 Å². The fourth-order valence-corrected chi connectivity index (χ4v) is 0. The zero-order chi connectivity index (χ0) is 4.28. The third-order valence-electron chi connectivity index (χ3n) is 0.352. The molecule has 3 heteroatoms. The number of hydrogen-bond acceptors (Lipinski definition) is 1. The molecule has 0 aliphatic heterocycles. The van der Waals surface area contributed by atoms with Crippen LogP contribution in [-0.2, 0) is 4.79 Å². The van der Waals surface area contributed by atoms with Gasteiger partial charge < -0.3 is 5.32 Å². The SMILES string of the molecule is CNC(C)=O.[SeH]. The van der Waals surface area contributed by atoms with Crippen molar-refractivity contribution < 1.29 is 4.79 Å². The van der Waals surface area contributed by atoms with E-state index in [0.717, 1.165) is 0 Å². The van der Waals surface area contributed by atoms with Gasteiger partial charge in [0.1, 0.15) is 0 Å². The summed E-state index contributed by atoms with van der Waals surface area (Å²) in [5, 5.41) is 2.39. The second-order valence-electron chi connectivity index (χ2n) is 0.806. The van der Waals surface area contributed by atoms with E-state index in [1.165, 1.54) is 6.92 Å². The summed E-state index contributed by atoms with van der Waals surface area (Å²) in [6.45, 7) is 1.47. The fraction of sp³-hybridized carbons (Fsp3) is 0.667. The first-order valence-corrected chi connectivity index (χ1v) is 1.45. The molecule has 1 N–H and O–H groups in total. The molecule has 0 saturated heterocycles. The number of rotatable bonds is 0. The molecule has 0 fully saturated rings. The summed E-state index contributed by atoms with van der Waals surface area (Å²) in [6, 6.07) is 0. The van der Waals surface area contributed by atoms with Crippen LogP contribution in [0.25, 0.3) is 0 Å². The van der Waals surface area contributed by atoms with Gasteiger partial charge in [0.15, 0.2) is 0 Å². The number of carbonyl (C=O) groups excluding carboxylic acids is 1. The third-order valence-corrected chi connectivity index (χ3v) is 0.352. The number of nitrogens with one attached hydrogen (secondary N) is 1. The van der Waals surface area contributed by atoms with E-state index in [4.69, 9.17) is 0 Å². The Morgan fingerprint density at radius 3 is 1.83 bits per heavy atom. The molecule has 0 aromatic rings. The van der Waals surface area contributed by atoms with E-state index in [-0.39, 0.29) is 23.0 Å². The van der Waals surface area contributed by atoms with Gasteiger partial charge in [-0.1, -0.05) is 0 Å². The van der Waals surface area contributed by atoms with Gasteiger partial charge in [-0.2, -0.15) is 0 Å². The predicted octanol–water partition coefficient (Wildman–Crippen LogP) is -0.896. The number of amides is 1. The summed E-state index contributed by atoms with van der Waals surface area (Å²) in [5.41, 5.74) is 0. The van der Waals surface area contributed by atoms with Crippen molar-refractivity contribution in [2.75, 3.05) is 7.05 Å². The molecular formula is C3H8NOSe. The van der Waals surface area contributed by atoms with Crippen molar-refractivity contribution in [3.8, 4) is 0 Å². The first-order valence-electron chi connectivity index (χ1n) is 1.45. The quantitative estimate of drug-likeness (QED) is 0.449. The van der Waals surface area contributed by atoms with Crippen LogP contribution in [0.15, 0.2) is 0 Å². The zero-order valence-corrected chi connectivity index (χ0v) is 5.73. The van der Waals surface area contributed by atoms with Gasteiger partial charge in [0.25, 0.3) is 0 Å². The molecule has 0 spiro atoms. The number of carbonyl (C=O) groups is 1. The second-order valence-corrected chi connectivity index (χ2v) is 0.806. The van der Waals surface area contributed by atoms with Crippen molar-refractivity contribution >= 4 is 23.0 Å². The molecule has 6 heavy (non-hydrogen) atoms. The van der Waals surface area contributed by atoms with E-state index >= 15 is 0 Å². The van der Waals surface area contributed by atoms with Crippen LogP contribution in [0.5, 0.6) is 0 Å². The normalized spacial score (nSPS) is 5.67. The Kier molecular flexibility index (Phi) is 7.79. The maximum atomic E-state index is 9.70. The van der Waals surface area contributed by atoms with Gasteiger partial charge in [-0.15, -0.1) is 0 Å². The molecule has 37 valence electrons. The summed E-state index contributed by atoms with van der Waals surface area (Å²) in [6.07, 6.45) is 0. The predicted molar refractivity (Wildman–Crippen MR) is 26.9 cm³/mol. The molecule has 1 radical (unpaired) electrons. The van der Waals surface area contributed by atoms with Crippen LogP contribution in [-0.4, -0.2) is 30.0 Å². The van der Waals surface area contributed by atoms with Crippen LogP contribution in [0.1, 0.15) is 6.92 Å². The summed E-state index contributed by atoms with van der Waals surface area (Å²) >= 11 is 0. The molecule has 0 aliphatic carbocycles. The molecule has 0 aromatic carbocycles. The standard InChI is InChI=1S/C3H7NO.HSe/c1-3(5)4-2;/h1-2H3,(H,4,5);1H. The van der Waals surface area contributed by atoms with Crippen LogP contribution in [0.2, 0.25) is 0 Å². The van der Waals surface area contributed by atoms with Crippen molar-refractivity contribution in [2.45, 2.75) is 6.92 Å². The van der Waals surface area contributed by atoms with Gasteiger partial charge >= 0.3 is 17.1 Å². The van der Waals surface area contributed by atoms with Crippen molar-refractivity contribution in [3.63, 3.8) is 0 Å². The molecule has 0 saturated carbocycles. The molecule has 0 rings (SSSR count). The topological polar surface area (TPSA) is 29.1 Å². The molecule has 0 heterocycles. The van der Waals surface area contributed by atoms with Gasteiger partial charge in [-0.05, 0) is 0 Å². The Balaban J connectivity index is 0. The van der Waals surface area contributed by atoms with Crippen molar-refractivity contribution in [1.29, 1.82) is 0 Å². The van der Waals surface area contributed by atoms with Crippen LogP contribution in [0.3, 0.4) is 0 Å². The Morgan fingerprint density at radius 2 is 1.83 bits per heavy atom. The van der Waals surface area contributed by atoms with Gasteiger partial charge in [0.05, 0.1) is 0 Å². The van der Waals surface area contributed by atoms with E-state index in [9.17, 15) is 4.79 Å². The Labute approximate surface area is 47.8 Å². The van der Waals surface area contributed by atoms with Gasteiger partial charge in [-0.25, -0.2) is 0 Å². The van der Waals surface area contributed by atoms with Crippen molar-refractivity contribution in [2.24, 2.45) is 0 Å². The summed E-state index contributed by atoms with van der Waals surface area (Å²) in [4.78, 5) is 9.70. The van der Waals surface area contributed by atoms with E-state index in [1.807, 2.05) is 0 Å². The van der Waals surface area contributed by atoms with Gasteiger partial charge in [0, 0.05) is 14.0 Å². The maximum absolute atomic E-state index is 9.70.